The Balaban J connectivity index is 1.39. The summed E-state index contributed by atoms with van der Waals surface area (Å²) >= 11 is 1.58. The van der Waals surface area contributed by atoms with E-state index in [9.17, 15) is 9.59 Å². The van der Waals surface area contributed by atoms with Crippen molar-refractivity contribution in [3.63, 3.8) is 0 Å². The quantitative estimate of drug-likeness (QED) is 0.344. The van der Waals surface area contributed by atoms with Crippen molar-refractivity contribution in [2.24, 2.45) is 5.73 Å². The van der Waals surface area contributed by atoms with E-state index in [1.54, 1.807) is 30.1 Å². The molecule has 5 rings (SSSR count). The summed E-state index contributed by atoms with van der Waals surface area (Å²) in [5.41, 5.74) is 11.3. The summed E-state index contributed by atoms with van der Waals surface area (Å²) in [6.07, 6.45) is 1.39. The van der Waals surface area contributed by atoms with Gasteiger partial charge in [0, 0.05) is 34.2 Å². The van der Waals surface area contributed by atoms with E-state index in [1.807, 2.05) is 53.9 Å². The number of fused-ring (bicyclic) bond motifs is 1. The van der Waals surface area contributed by atoms with Crippen molar-refractivity contribution in [3.8, 4) is 22.5 Å². The number of anilines is 1. The first-order valence-electron chi connectivity index (χ1n) is 12.2. The number of tetrazole rings is 1. The summed E-state index contributed by atoms with van der Waals surface area (Å²) in [6.45, 7) is 4.00. The zero-order valence-electron chi connectivity index (χ0n) is 20.8. The molecule has 0 saturated carbocycles. The average Bonchev–Trinajstić information content (AvgIpc) is 3.54. The van der Waals surface area contributed by atoms with E-state index >= 15 is 0 Å². The molecule has 0 spiro atoms. The van der Waals surface area contributed by atoms with Crippen LogP contribution in [0.5, 0.6) is 0 Å². The van der Waals surface area contributed by atoms with E-state index < -0.39 is 11.6 Å². The Hall–Kier alpha value is -3.89. The molecular weight excluding hydrogens is 486 g/mol. The minimum absolute atomic E-state index is 0.116. The number of hydrogen-bond donors (Lipinski definition) is 3. The van der Waals surface area contributed by atoms with Crippen molar-refractivity contribution < 1.29 is 9.59 Å². The number of benzene rings is 2. The number of aromatic nitrogens is 4. The summed E-state index contributed by atoms with van der Waals surface area (Å²) in [6, 6.07) is 15.5. The van der Waals surface area contributed by atoms with Crippen LogP contribution in [0.4, 0.5) is 5.69 Å². The maximum absolute atomic E-state index is 13.7. The first-order chi connectivity index (χ1) is 17.8. The Morgan fingerprint density at radius 2 is 1.92 bits per heavy atom. The van der Waals surface area contributed by atoms with Gasteiger partial charge in [-0.3, -0.25) is 9.59 Å². The first kappa shape index (κ1) is 24.8. The molecule has 10 heteroatoms. The second kappa shape index (κ2) is 10.2. The Morgan fingerprint density at radius 1 is 1.16 bits per heavy atom. The van der Waals surface area contributed by atoms with Crippen molar-refractivity contribution in [1.82, 2.24) is 25.9 Å². The molecule has 2 amide bonds. The summed E-state index contributed by atoms with van der Waals surface area (Å²) in [4.78, 5) is 28.1. The van der Waals surface area contributed by atoms with Crippen molar-refractivity contribution in [1.29, 1.82) is 0 Å². The highest BCUT2D eigenvalue weighted by atomic mass is 32.1. The molecule has 2 aromatic heterocycles. The number of hydrogen-bond acceptors (Lipinski definition) is 7. The van der Waals surface area contributed by atoms with E-state index in [0.717, 1.165) is 33.5 Å². The van der Waals surface area contributed by atoms with Gasteiger partial charge in [-0.25, -0.2) is 0 Å². The van der Waals surface area contributed by atoms with Gasteiger partial charge in [0.25, 0.3) is 0 Å². The Kier molecular flexibility index (Phi) is 6.86. The van der Waals surface area contributed by atoms with Crippen LogP contribution >= 0.6 is 11.3 Å². The molecule has 9 nitrogen and oxygen atoms in total. The molecule has 0 saturated heterocycles. The predicted octanol–water partition coefficient (Wildman–Crippen LogP) is 3.69. The second-order valence-electron chi connectivity index (χ2n) is 10.0. The number of thiophene rings is 1. The molecule has 0 unspecified atom stereocenters. The van der Waals surface area contributed by atoms with E-state index in [-0.39, 0.29) is 18.2 Å². The van der Waals surface area contributed by atoms with Gasteiger partial charge in [0.05, 0.1) is 6.54 Å². The molecule has 1 aliphatic rings. The molecule has 4 N–H and O–H groups in total. The SMILES string of the molecule is CC(C)(N)CC(=O)N[C@@H]1CCc2ccccc2N(Cc2ccc(-c3cscc3-c3nn[nH]n3)cc2)C1=O. The average molecular weight is 516 g/mol. The third kappa shape index (κ3) is 5.60. The lowest BCUT2D eigenvalue weighted by Crippen LogP contribution is -2.49. The molecule has 2 aromatic carbocycles. The fourth-order valence-electron chi connectivity index (χ4n) is 4.61. The molecule has 1 aliphatic heterocycles. The first-order valence-corrected chi connectivity index (χ1v) is 13.1. The lowest BCUT2D eigenvalue weighted by Gasteiger charge is -2.27. The standard InChI is InChI=1S/C27H29N7O2S/c1-27(2,28)13-24(35)29-22-12-11-19-5-3-4-6-23(19)34(26(22)36)14-17-7-9-18(10-8-17)20-15-37-16-21(20)25-30-32-33-31-25/h3-10,15-16,22H,11-14,28H2,1-2H3,(H,29,35)(H,30,31,32,33)/t22-/m1/s1. The number of rotatable bonds is 7. The molecule has 4 aromatic rings. The number of aryl methyl sites for hydroxylation is 1. The Labute approximate surface area is 219 Å². The lowest BCUT2D eigenvalue weighted by atomic mass is 10.0. The van der Waals surface area contributed by atoms with Crippen LogP contribution in [0.25, 0.3) is 22.5 Å². The van der Waals surface area contributed by atoms with E-state index in [4.69, 9.17) is 5.73 Å². The maximum atomic E-state index is 13.7. The normalized spacial score (nSPS) is 15.8. The Morgan fingerprint density at radius 3 is 2.65 bits per heavy atom. The topological polar surface area (TPSA) is 130 Å². The van der Waals surface area contributed by atoms with E-state index in [0.29, 0.717) is 25.2 Å². The third-order valence-corrected chi connectivity index (χ3v) is 7.10. The fourth-order valence-corrected chi connectivity index (χ4v) is 5.45. The molecule has 3 heterocycles. The van der Waals surface area contributed by atoms with Crippen LogP contribution in [0.3, 0.4) is 0 Å². The monoisotopic (exact) mass is 515 g/mol. The number of nitrogens with one attached hydrogen (secondary N) is 2. The minimum atomic E-state index is -0.645. The molecule has 0 bridgehead atoms. The second-order valence-corrected chi connectivity index (χ2v) is 10.8. The molecule has 37 heavy (non-hydrogen) atoms. The highest BCUT2D eigenvalue weighted by Gasteiger charge is 2.32. The Bertz CT molecular complexity index is 1390. The minimum Gasteiger partial charge on any atom is -0.344 e. The van der Waals surface area contributed by atoms with E-state index in [2.05, 4.69) is 31.3 Å². The summed E-state index contributed by atoms with van der Waals surface area (Å²) in [5, 5.41) is 21.4. The number of H-pyrrole nitrogens is 1. The van der Waals surface area contributed by atoms with Gasteiger partial charge in [-0.2, -0.15) is 16.6 Å². The van der Waals surface area contributed by atoms with E-state index in [1.165, 1.54) is 0 Å². The summed E-state index contributed by atoms with van der Waals surface area (Å²) in [7, 11) is 0. The maximum Gasteiger partial charge on any atom is 0.249 e. The van der Waals surface area contributed by atoms with Gasteiger partial charge in [0.2, 0.25) is 17.6 Å². The van der Waals surface area contributed by atoms with Crippen LogP contribution in [0.15, 0.2) is 59.3 Å². The highest BCUT2D eigenvalue weighted by molar-refractivity contribution is 7.08. The predicted molar refractivity (Wildman–Crippen MR) is 144 cm³/mol. The van der Waals surface area contributed by atoms with Gasteiger partial charge in [0.1, 0.15) is 6.04 Å². The highest BCUT2D eigenvalue weighted by Crippen LogP contribution is 2.34. The lowest BCUT2D eigenvalue weighted by molar-refractivity contribution is -0.128. The number of nitrogens with two attached hydrogens (primary N) is 1. The smallest absolute Gasteiger partial charge is 0.249 e. The zero-order chi connectivity index (χ0) is 26.0. The van der Waals surface area contributed by atoms with Gasteiger partial charge >= 0.3 is 0 Å². The third-order valence-electron chi connectivity index (χ3n) is 6.35. The van der Waals surface area contributed by atoms with Crippen LogP contribution in [0.1, 0.15) is 37.8 Å². The van der Waals surface area contributed by atoms with Crippen molar-refractivity contribution in [2.45, 2.75) is 51.2 Å². The van der Waals surface area contributed by atoms with Gasteiger partial charge in [-0.05, 0) is 60.0 Å². The van der Waals surface area contributed by atoms with Crippen LogP contribution in [0.2, 0.25) is 0 Å². The summed E-state index contributed by atoms with van der Waals surface area (Å²) in [5.74, 6) is 0.224. The molecular formula is C27H29N7O2S. The van der Waals surface area contributed by atoms with Crippen LogP contribution in [-0.4, -0.2) is 44.0 Å². The number of amides is 2. The summed E-state index contributed by atoms with van der Waals surface area (Å²) < 4.78 is 0. The number of para-hydroxylation sites is 1. The fraction of sp³-hybridized carbons (Fsp3) is 0.296. The van der Waals surface area contributed by atoms with Crippen molar-refractivity contribution in [3.05, 3.63) is 70.4 Å². The van der Waals surface area contributed by atoms with Crippen molar-refractivity contribution >= 4 is 28.8 Å². The van der Waals surface area contributed by atoms with Crippen LogP contribution in [-0.2, 0) is 22.6 Å². The van der Waals surface area contributed by atoms with Gasteiger partial charge in [0.15, 0.2) is 0 Å². The number of carbonyl (C=O) groups is 2. The van der Waals surface area contributed by atoms with Crippen LogP contribution in [0, 0.1) is 0 Å². The molecule has 0 radical (unpaired) electrons. The van der Waals surface area contributed by atoms with Gasteiger partial charge in [-0.15, -0.1) is 10.2 Å². The molecule has 0 fully saturated rings. The number of carbonyl (C=O) groups excluding carboxylic acids is 2. The van der Waals surface area contributed by atoms with Crippen molar-refractivity contribution in [2.75, 3.05) is 4.90 Å². The largest absolute Gasteiger partial charge is 0.344 e. The number of aromatic amines is 1. The van der Waals surface area contributed by atoms with Crippen LogP contribution < -0.4 is 16.0 Å². The number of nitrogens with zero attached hydrogens (tertiary/aromatic N) is 4. The molecule has 0 aliphatic carbocycles. The zero-order valence-corrected chi connectivity index (χ0v) is 21.6. The molecule has 190 valence electrons. The van der Waals surface area contributed by atoms with Gasteiger partial charge in [-0.1, -0.05) is 42.5 Å². The molecule has 1 atom stereocenters. The van der Waals surface area contributed by atoms with Gasteiger partial charge < -0.3 is 16.0 Å².